The van der Waals surface area contributed by atoms with Gasteiger partial charge in [-0.1, -0.05) is 12.1 Å². The van der Waals surface area contributed by atoms with Crippen molar-refractivity contribution in [1.29, 1.82) is 0 Å². The van der Waals surface area contributed by atoms with Gasteiger partial charge in [0, 0.05) is 11.5 Å². The fourth-order valence-corrected chi connectivity index (χ4v) is 2.65. The van der Waals surface area contributed by atoms with Crippen LogP contribution in [-0.2, 0) is 15.3 Å². The molecule has 0 heterocycles. The number of hydrogen-bond acceptors (Lipinski definition) is 5. The fourth-order valence-electron chi connectivity index (χ4n) is 1.64. The average molecular weight is 341 g/mol. The second kappa shape index (κ2) is 8.67. The molecule has 0 aliphatic carbocycles. The van der Waals surface area contributed by atoms with Gasteiger partial charge in [-0.2, -0.15) is 11.8 Å². The number of aliphatic carboxylic acids is 1. The topological polar surface area (TPSA) is 84.9 Å². The summed E-state index contributed by atoms with van der Waals surface area (Å²) >= 11 is 1.42. The number of hydrogen-bond donors (Lipinski definition) is 2. The van der Waals surface area contributed by atoms with Crippen LogP contribution in [-0.4, -0.2) is 41.7 Å². The zero-order valence-electron chi connectivity index (χ0n) is 13.8. The number of rotatable bonds is 7. The Labute approximate surface area is 140 Å². The molecule has 0 fully saturated rings. The van der Waals surface area contributed by atoms with Gasteiger partial charge in [-0.3, -0.25) is 0 Å². The van der Waals surface area contributed by atoms with Gasteiger partial charge >= 0.3 is 12.1 Å². The number of methoxy groups -OCH3 is 1. The molecule has 1 unspecified atom stereocenters. The standard InChI is InChI=1S/C16H23NO5S/c1-16(2,3)22-15(20)17-13(14(18)19)10-23-9-11-5-7-12(21-4)8-6-11/h5-8,13H,9-10H2,1-4H3,(H,17,20)(H,18,19). The highest BCUT2D eigenvalue weighted by atomic mass is 32.2. The largest absolute Gasteiger partial charge is 0.497 e. The van der Waals surface area contributed by atoms with E-state index >= 15 is 0 Å². The van der Waals surface area contributed by atoms with Crippen LogP contribution in [0.25, 0.3) is 0 Å². The van der Waals surface area contributed by atoms with E-state index in [1.165, 1.54) is 11.8 Å². The van der Waals surface area contributed by atoms with Crippen LogP contribution in [0.1, 0.15) is 26.3 Å². The molecule has 128 valence electrons. The predicted octanol–water partition coefficient (Wildman–Crippen LogP) is 2.91. The van der Waals surface area contributed by atoms with Crippen molar-refractivity contribution in [2.24, 2.45) is 0 Å². The number of carbonyl (C=O) groups is 2. The summed E-state index contributed by atoms with van der Waals surface area (Å²) in [4.78, 5) is 22.9. The van der Waals surface area contributed by atoms with E-state index in [2.05, 4.69) is 5.32 Å². The highest BCUT2D eigenvalue weighted by Gasteiger charge is 2.23. The lowest BCUT2D eigenvalue weighted by Gasteiger charge is -2.21. The normalized spacial score (nSPS) is 12.3. The molecule has 1 aromatic carbocycles. The van der Waals surface area contributed by atoms with Crippen molar-refractivity contribution in [1.82, 2.24) is 5.32 Å². The summed E-state index contributed by atoms with van der Waals surface area (Å²) in [5.41, 5.74) is 0.390. The molecule has 23 heavy (non-hydrogen) atoms. The summed E-state index contributed by atoms with van der Waals surface area (Å²) in [6.45, 7) is 5.17. The quantitative estimate of drug-likeness (QED) is 0.793. The molecule has 0 saturated heterocycles. The van der Waals surface area contributed by atoms with Crippen molar-refractivity contribution in [3.63, 3.8) is 0 Å². The summed E-state index contributed by atoms with van der Waals surface area (Å²) in [5.74, 6) is 0.580. The molecule has 0 bridgehead atoms. The number of carbonyl (C=O) groups excluding carboxylic acids is 1. The lowest BCUT2D eigenvalue weighted by atomic mass is 10.2. The summed E-state index contributed by atoms with van der Waals surface area (Å²) in [6.07, 6.45) is -0.727. The lowest BCUT2D eigenvalue weighted by Crippen LogP contribution is -2.44. The molecule has 0 radical (unpaired) electrons. The summed E-state index contributed by atoms with van der Waals surface area (Å²) in [6, 6.07) is 6.55. The van der Waals surface area contributed by atoms with Gasteiger partial charge in [0.15, 0.2) is 0 Å². The van der Waals surface area contributed by atoms with E-state index in [4.69, 9.17) is 9.47 Å². The van der Waals surface area contributed by atoms with Crippen molar-refractivity contribution >= 4 is 23.8 Å². The zero-order valence-corrected chi connectivity index (χ0v) is 14.6. The second-order valence-corrected chi connectivity index (χ2v) is 6.93. The summed E-state index contributed by atoms with van der Waals surface area (Å²) in [5, 5.41) is 11.6. The molecule has 0 aliphatic heterocycles. The van der Waals surface area contributed by atoms with E-state index in [-0.39, 0.29) is 5.75 Å². The summed E-state index contributed by atoms with van der Waals surface area (Å²) in [7, 11) is 1.60. The van der Waals surface area contributed by atoms with E-state index in [0.717, 1.165) is 11.3 Å². The van der Waals surface area contributed by atoms with E-state index in [1.54, 1.807) is 27.9 Å². The Morgan fingerprint density at radius 2 is 1.87 bits per heavy atom. The second-order valence-electron chi connectivity index (χ2n) is 5.90. The first kappa shape index (κ1) is 19.2. The summed E-state index contributed by atoms with van der Waals surface area (Å²) < 4.78 is 10.2. The first-order valence-corrected chi connectivity index (χ1v) is 8.30. The van der Waals surface area contributed by atoms with E-state index in [0.29, 0.717) is 5.75 Å². The Bertz CT molecular complexity index is 524. The van der Waals surface area contributed by atoms with Gasteiger partial charge in [-0.15, -0.1) is 0 Å². The highest BCUT2D eigenvalue weighted by Crippen LogP contribution is 2.17. The smallest absolute Gasteiger partial charge is 0.408 e. The Hall–Kier alpha value is -1.89. The van der Waals surface area contributed by atoms with Gasteiger partial charge in [0.05, 0.1) is 7.11 Å². The van der Waals surface area contributed by atoms with Crippen molar-refractivity contribution < 1.29 is 24.2 Å². The number of carboxylic acids is 1. The highest BCUT2D eigenvalue weighted by molar-refractivity contribution is 7.98. The number of ether oxygens (including phenoxy) is 2. The number of benzene rings is 1. The fraction of sp³-hybridized carbons (Fsp3) is 0.500. The van der Waals surface area contributed by atoms with Gasteiger partial charge in [0.25, 0.3) is 0 Å². The third kappa shape index (κ3) is 7.78. The van der Waals surface area contributed by atoms with Crippen molar-refractivity contribution in [3.05, 3.63) is 29.8 Å². The minimum Gasteiger partial charge on any atom is -0.497 e. The third-order valence-electron chi connectivity index (χ3n) is 2.70. The minimum absolute atomic E-state index is 0.251. The number of amides is 1. The molecular formula is C16H23NO5S. The SMILES string of the molecule is COc1ccc(CSCC(NC(=O)OC(C)(C)C)C(=O)O)cc1. The van der Waals surface area contributed by atoms with Crippen molar-refractivity contribution in [3.8, 4) is 5.75 Å². The molecule has 0 aliphatic rings. The Morgan fingerprint density at radius 1 is 1.26 bits per heavy atom. The number of carboxylic acid groups (broad SMARTS) is 1. The third-order valence-corrected chi connectivity index (χ3v) is 3.81. The van der Waals surface area contributed by atoms with Gasteiger partial charge in [0.2, 0.25) is 0 Å². The molecule has 2 N–H and O–H groups in total. The molecule has 1 amide bonds. The van der Waals surface area contributed by atoms with Crippen LogP contribution < -0.4 is 10.1 Å². The first-order chi connectivity index (χ1) is 10.7. The zero-order chi connectivity index (χ0) is 17.5. The van der Waals surface area contributed by atoms with Crippen molar-refractivity contribution in [2.45, 2.75) is 38.2 Å². The molecule has 7 heteroatoms. The van der Waals surface area contributed by atoms with Crippen molar-refractivity contribution in [2.75, 3.05) is 12.9 Å². The number of nitrogens with one attached hydrogen (secondary N) is 1. The Balaban J connectivity index is 2.46. The van der Waals surface area contributed by atoms with Crippen LogP contribution in [0.15, 0.2) is 24.3 Å². The molecule has 0 aromatic heterocycles. The van der Waals surface area contributed by atoms with E-state index in [1.807, 2.05) is 24.3 Å². The Morgan fingerprint density at radius 3 is 2.35 bits per heavy atom. The average Bonchev–Trinajstić information content (AvgIpc) is 2.44. The van der Waals surface area contributed by atoms with Gasteiger partial charge in [0.1, 0.15) is 17.4 Å². The van der Waals surface area contributed by atoms with Crippen LogP contribution in [0, 0.1) is 0 Å². The maximum Gasteiger partial charge on any atom is 0.408 e. The first-order valence-electron chi connectivity index (χ1n) is 7.14. The predicted molar refractivity (Wildman–Crippen MR) is 89.9 cm³/mol. The molecule has 6 nitrogen and oxygen atoms in total. The van der Waals surface area contributed by atoms with E-state index < -0.39 is 23.7 Å². The molecule has 0 spiro atoms. The van der Waals surface area contributed by atoms with Crippen LogP contribution in [0.3, 0.4) is 0 Å². The van der Waals surface area contributed by atoms with Gasteiger partial charge < -0.3 is 19.9 Å². The van der Waals surface area contributed by atoms with Gasteiger partial charge in [-0.05, 0) is 38.5 Å². The Kier molecular flexibility index (Phi) is 7.22. The molecule has 0 saturated carbocycles. The molecule has 1 rings (SSSR count). The lowest BCUT2D eigenvalue weighted by molar-refractivity contribution is -0.138. The number of alkyl carbamates (subject to hydrolysis) is 1. The molecule has 1 atom stereocenters. The minimum atomic E-state index is -1.09. The van der Waals surface area contributed by atoms with Crippen LogP contribution in [0.5, 0.6) is 5.75 Å². The monoisotopic (exact) mass is 341 g/mol. The van der Waals surface area contributed by atoms with Gasteiger partial charge in [-0.25, -0.2) is 9.59 Å². The number of thioether (sulfide) groups is 1. The molecular weight excluding hydrogens is 318 g/mol. The molecule has 1 aromatic rings. The maximum absolute atomic E-state index is 11.7. The van der Waals surface area contributed by atoms with Crippen LogP contribution in [0.4, 0.5) is 4.79 Å². The van der Waals surface area contributed by atoms with E-state index in [9.17, 15) is 14.7 Å². The maximum atomic E-state index is 11.7. The van der Waals surface area contributed by atoms with Crippen LogP contribution in [0.2, 0.25) is 0 Å². The van der Waals surface area contributed by atoms with Crippen LogP contribution >= 0.6 is 11.8 Å².